The number of methoxy groups -OCH3 is 2. The molecular weight excluding hydrogens is 430 g/mol. The lowest BCUT2D eigenvalue weighted by molar-refractivity contribution is -0.140. The molecule has 2 spiro atoms. The predicted octanol–water partition coefficient (Wildman–Crippen LogP) is 3.33. The Morgan fingerprint density at radius 3 is 2.68 bits per heavy atom. The molecule has 2 fully saturated rings. The smallest absolute Gasteiger partial charge is 0.262 e. The molecule has 5 rings (SSSR count). The molecule has 2 atom stereocenters. The highest BCUT2D eigenvalue weighted by atomic mass is 16.5. The number of fused-ring (bicyclic) bond motifs is 3. The molecule has 3 aliphatic carbocycles. The van der Waals surface area contributed by atoms with E-state index in [-0.39, 0.29) is 29.4 Å². The topological polar surface area (TPSA) is 102 Å². The lowest BCUT2D eigenvalue weighted by atomic mass is 9.61. The van der Waals surface area contributed by atoms with Gasteiger partial charge in [0.2, 0.25) is 0 Å². The number of carbonyl (C=O) groups excluding carboxylic acids is 1. The van der Waals surface area contributed by atoms with Gasteiger partial charge in [0.25, 0.3) is 11.9 Å². The summed E-state index contributed by atoms with van der Waals surface area (Å²) < 4.78 is 11.0. The fraction of sp³-hybridized carbons (Fsp3) is 0.615. The molecule has 8 nitrogen and oxygen atoms in total. The third-order valence-electron chi connectivity index (χ3n) is 8.02. The lowest BCUT2D eigenvalue weighted by Gasteiger charge is -2.45. The van der Waals surface area contributed by atoms with Crippen LogP contribution in [0.3, 0.4) is 0 Å². The summed E-state index contributed by atoms with van der Waals surface area (Å²) in [6, 6.07) is 6.05. The summed E-state index contributed by atoms with van der Waals surface area (Å²) in [5.74, 6) is 12.8. The van der Waals surface area contributed by atoms with E-state index in [9.17, 15) is 4.79 Å². The van der Waals surface area contributed by atoms with Crippen molar-refractivity contribution in [3.63, 3.8) is 0 Å². The van der Waals surface area contributed by atoms with E-state index in [0.29, 0.717) is 12.5 Å². The average molecular weight is 464 g/mol. The van der Waals surface area contributed by atoms with Crippen LogP contribution in [0, 0.1) is 23.2 Å². The molecule has 1 aliphatic heterocycles. The Kier molecular flexibility index (Phi) is 5.95. The molecule has 0 saturated heterocycles. The van der Waals surface area contributed by atoms with Gasteiger partial charge >= 0.3 is 0 Å². The molecule has 1 amide bonds. The monoisotopic (exact) mass is 463 g/mol. The maximum absolute atomic E-state index is 14.5. The van der Waals surface area contributed by atoms with Crippen LogP contribution in [-0.2, 0) is 26.2 Å². The van der Waals surface area contributed by atoms with Gasteiger partial charge in [-0.25, -0.2) is 4.99 Å². The summed E-state index contributed by atoms with van der Waals surface area (Å²) in [7, 11) is 3.39. The number of nitrogens with zero attached hydrogens (tertiary/aromatic N) is 4. The Bertz CT molecular complexity index is 1090. The van der Waals surface area contributed by atoms with Crippen LogP contribution in [0.5, 0.6) is 0 Å². The van der Waals surface area contributed by atoms with Gasteiger partial charge in [0.1, 0.15) is 0 Å². The van der Waals surface area contributed by atoms with E-state index in [4.69, 9.17) is 20.3 Å². The number of hydrogen-bond donors (Lipinski definition) is 1. The van der Waals surface area contributed by atoms with Crippen LogP contribution >= 0.6 is 0 Å². The van der Waals surface area contributed by atoms with Crippen molar-refractivity contribution in [3.8, 4) is 11.8 Å². The molecule has 34 heavy (non-hydrogen) atoms. The van der Waals surface area contributed by atoms with Crippen molar-refractivity contribution in [1.29, 1.82) is 0 Å². The number of ether oxygens (including phenoxy) is 2. The lowest BCUT2D eigenvalue weighted by Crippen LogP contribution is -2.53. The number of amides is 1. The summed E-state index contributed by atoms with van der Waals surface area (Å²) in [4.78, 5) is 21.2. The fourth-order valence-corrected chi connectivity index (χ4v) is 6.13. The molecule has 1 heterocycles. The quantitative estimate of drug-likeness (QED) is 0.320. The first-order valence-corrected chi connectivity index (χ1v) is 12.2. The van der Waals surface area contributed by atoms with E-state index in [0.717, 1.165) is 48.8 Å². The maximum atomic E-state index is 14.5. The van der Waals surface area contributed by atoms with E-state index >= 15 is 0 Å². The zero-order valence-corrected chi connectivity index (χ0v) is 20.2. The number of nitrogens with two attached hydrogens (primary N) is 1. The highest BCUT2D eigenvalue weighted by Gasteiger charge is 2.67. The molecular formula is C26H33N5O3. The second-order valence-electron chi connectivity index (χ2n) is 10.1. The molecule has 0 aromatic heterocycles. The number of rotatable bonds is 4. The number of hydrogen-bond acceptors (Lipinski definition) is 6. The average Bonchev–Trinajstić information content (AvgIpc) is 3.57. The van der Waals surface area contributed by atoms with Gasteiger partial charge in [0, 0.05) is 31.1 Å². The summed E-state index contributed by atoms with van der Waals surface area (Å²) in [5.41, 5.74) is 1.63. The van der Waals surface area contributed by atoms with Gasteiger partial charge in [0.15, 0.2) is 5.54 Å². The Balaban J connectivity index is 1.65. The van der Waals surface area contributed by atoms with Gasteiger partial charge in [-0.1, -0.05) is 28.2 Å². The van der Waals surface area contributed by atoms with Gasteiger partial charge in [-0.3, -0.25) is 9.69 Å². The number of benzene rings is 1. The molecule has 4 aliphatic rings. The van der Waals surface area contributed by atoms with Gasteiger partial charge in [-0.05, 0) is 75.1 Å². The molecule has 1 aromatic rings. The van der Waals surface area contributed by atoms with Crippen LogP contribution in [0.2, 0.25) is 0 Å². The molecule has 2 unspecified atom stereocenters. The molecule has 2 saturated carbocycles. The first-order valence-electron chi connectivity index (χ1n) is 12.2. The summed E-state index contributed by atoms with van der Waals surface area (Å²) in [6.07, 6.45) is 6.83. The van der Waals surface area contributed by atoms with E-state index in [2.05, 4.69) is 40.4 Å². The van der Waals surface area contributed by atoms with Crippen LogP contribution in [0.1, 0.15) is 62.1 Å². The minimum absolute atomic E-state index is 0.0682. The normalized spacial score (nSPS) is 31.1. The molecule has 8 heteroatoms. The predicted molar refractivity (Wildman–Crippen MR) is 128 cm³/mol. The molecule has 0 radical (unpaired) electrons. The van der Waals surface area contributed by atoms with Crippen LogP contribution < -0.4 is 5.84 Å². The Labute approximate surface area is 201 Å². The van der Waals surface area contributed by atoms with Crippen LogP contribution in [0.25, 0.3) is 0 Å². The van der Waals surface area contributed by atoms with E-state index in [1.54, 1.807) is 19.1 Å². The molecule has 2 N–H and O–H groups in total. The number of aliphatic imine (C=N–C) groups is 1. The molecule has 0 bridgehead atoms. The van der Waals surface area contributed by atoms with Crippen molar-refractivity contribution in [1.82, 2.24) is 4.90 Å². The van der Waals surface area contributed by atoms with Crippen LogP contribution in [0.4, 0.5) is 0 Å². The highest BCUT2D eigenvalue weighted by Crippen LogP contribution is 2.62. The SMILES string of the molecule is COCC(C)N1C(=O)C2(N=C1N=NN)c1cc(C#CC3CC3)ccc1CC21CCC(OC)CC1. The van der Waals surface area contributed by atoms with E-state index in [1.165, 1.54) is 12.8 Å². The number of guanidine groups is 1. The molecule has 1 aromatic carbocycles. The van der Waals surface area contributed by atoms with E-state index < -0.39 is 5.54 Å². The third-order valence-corrected chi connectivity index (χ3v) is 8.02. The summed E-state index contributed by atoms with van der Waals surface area (Å²) >= 11 is 0. The van der Waals surface area contributed by atoms with E-state index in [1.807, 2.05) is 6.92 Å². The molecule has 180 valence electrons. The standard InChI is InChI=1S/C26H33N5O3/c1-17(16-33-2)31-23(32)26(28-24(31)29-30-27)22-14-19(7-6-18-4-5-18)8-9-20(22)15-25(26)12-10-21(34-3)11-13-25/h8-9,14,17-18,21H,4-5,10-13,15-16H2,1-3H3,(H2,27,28,29). The van der Waals surface area contributed by atoms with Gasteiger partial charge in [-0.2, -0.15) is 0 Å². The van der Waals surface area contributed by atoms with Crippen molar-refractivity contribution in [2.24, 2.45) is 32.5 Å². The van der Waals surface area contributed by atoms with Gasteiger partial charge < -0.3 is 15.3 Å². The van der Waals surface area contributed by atoms with Crippen molar-refractivity contribution in [3.05, 3.63) is 34.9 Å². The maximum Gasteiger partial charge on any atom is 0.262 e. The van der Waals surface area contributed by atoms with Crippen LogP contribution in [0.15, 0.2) is 33.5 Å². The minimum atomic E-state index is -1.07. The Morgan fingerprint density at radius 2 is 2.03 bits per heavy atom. The second kappa shape index (κ2) is 8.79. The zero-order chi connectivity index (χ0) is 23.9. The van der Waals surface area contributed by atoms with Gasteiger partial charge in [0.05, 0.1) is 18.8 Å². The first-order chi connectivity index (χ1) is 16.5. The van der Waals surface area contributed by atoms with Crippen molar-refractivity contribution in [2.75, 3.05) is 20.8 Å². The summed E-state index contributed by atoms with van der Waals surface area (Å²) in [6.45, 7) is 2.29. The minimum Gasteiger partial charge on any atom is -0.383 e. The van der Waals surface area contributed by atoms with Crippen LogP contribution in [-0.4, -0.2) is 49.7 Å². The van der Waals surface area contributed by atoms with Crippen molar-refractivity contribution >= 4 is 11.9 Å². The zero-order valence-electron chi connectivity index (χ0n) is 20.2. The van der Waals surface area contributed by atoms with Gasteiger partial charge in [-0.15, -0.1) is 0 Å². The van der Waals surface area contributed by atoms with Crippen molar-refractivity contribution < 1.29 is 14.3 Å². The second-order valence-corrected chi connectivity index (χ2v) is 10.1. The summed E-state index contributed by atoms with van der Waals surface area (Å²) in [5, 5.41) is 7.60. The largest absolute Gasteiger partial charge is 0.383 e. The Hall–Kier alpha value is -2.76. The fourth-order valence-electron chi connectivity index (χ4n) is 6.13. The third kappa shape index (κ3) is 3.53. The first kappa shape index (κ1) is 23.0. The number of carbonyl (C=O) groups is 1. The van der Waals surface area contributed by atoms with Crippen molar-refractivity contribution in [2.45, 2.75) is 69.6 Å². The highest BCUT2D eigenvalue weighted by molar-refractivity contribution is 6.09. The Morgan fingerprint density at radius 1 is 1.26 bits per heavy atom.